The molecule has 2 aromatic heterocycles. The molecule has 1 aromatic carbocycles. The minimum absolute atomic E-state index is 0.00107. The maximum absolute atomic E-state index is 13.8. The Morgan fingerprint density at radius 1 is 1.30 bits per heavy atom. The van der Waals surface area contributed by atoms with E-state index in [4.69, 9.17) is 11.6 Å². The Balaban J connectivity index is 1.65. The van der Waals surface area contributed by atoms with Crippen LogP contribution in [0.4, 0.5) is 19.0 Å². The number of nitrogens with zero attached hydrogens (tertiary/aromatic N) is 2. The van der Waals surface area contributed by atoms with Gasteiger partial charge in [-0.2, -0.15) is 18.3 Å². The van der Waals surface area contributed by atoms with Crippen molar-refractivity contribution in [2.75, 3.05) is 5.32 Å². The van der Waals surface area contributed by atoms with Gasteiger partial charge in [-0.15, -0.1) is 11.3 Å². The van der Waals surface area contributed by atoms with Gasteiger partial charge in [0.1, 0.15) is 10.8 Å². The number of hydrogen-bond donors (Lipinski definition) is 2. The van der Waals surface area contributed by atoms with Crippen LogP contribution in [0, 0.1) is 0 Å². The molecule has 1 amide bonds. The minimum atomic E-state index is -4.53. The molecule has 3 atom stereocenters. The van der Waals surface area contributed by atoms with Gasteiger partial charge in [0.15, 0.2) is 11.7 Å². The first-order chi connectivity index (χ1) is 14.3. The monoisotopic (exact) mass is 454 g/mol. The molecule has 3 aromatic rings. The Kier molecular flexibility index (Phi) is 5.50. The number of aromatic nitrogens is 2. The maximum atomic E-state index is 13.8. The molecule has 0 fully saturated rings. The van der Waals surface area contributed by atoms with Crippen LogP contribution in [0.25, 0.3) is 0 Å². The third-order valence-electron chi connectivity index (χ3n) is 5.04. The highest BCUT2D eigenvalue weighted by Crippen LogP contribution is 2.46. The molecular formula is C20H18ClF3N4OS. The molecule has 30 heavy (non-hydrogen) atoms. The summed E-state index contributed by atoms with van der Waals surface area (Å²) in [5, 5.41) is 11.4. The summed E-state index contributed by atoms with van der Waals surface area (Å²) in [6.07, 6.45) is -4.77. The lowest BCUT2D eigenvalue weighted by Gasteiger charge is -2.32. The molecule has 0 saturated carbocycles. The van der Waals surface area contributed by atoms with Crippen molar-refractivity contribution in [1.82, 2.24) is 15.1 Å². The summed E-state index contributed by atoms with van der Waals surface area (Å²) in [7, 11) is 0. The van der Waals surface area contributed by atoms with Crippen LogP contribution in [0.15, 0.2) is 47.8 Å². The summed E-state index contributed by atoms with van der Waals surface area (Å²) in [6, 6.07) is 9.95. The molecule has 3 heterocycles. The lowest BCUT2D eigenvalue weighted by Crippen LogP contribution is -2.35. The van der Waals surface area contributed by atoms with Gasteiger partial charge in [0, 0.05) is 11.3 Å². The van der Waals surface area contributed by atoms with Gasteiger partial charge < -0.3 is 10.6 Å². The third-order valence-corrected chi connectivity index (χ3v) is 6.39. The van der Waals surface area contributed by atoms with Crippen molar-refractivity contribution in [2.24, 2.45) is 0 Å². The molecule has 5 nitrogen and oxygen atoms in total. The van der Waals surface area contributed by atoms with Gasteiger partial charge in [-0.25, -0.2) is 4.68 Å². The molecule has 10 heteroatoms. The topological polar surface area (TPSA) is 59.0 Å². The van der Waals surface area contributed by atoms with Crippen molar-refractivity contribution >= 4 is 34.7 Å². The number of alkyl halides is 3. The Morgan fingerprint density at radius 3 is 2.67 bits per heavy atom. The maximum Gasteiger partial charge on any atom is 0.410 e. The molecular weight excluding hydrogens is 437 g/mol. The first-order valence-corrected chi connectivity index (χ1v) is 10.5. The second-order valence-corrected chi connectivity index (χ2v) is 8.42. The molecule has 1 aliphatic rings. The van der Waals surface area contributed by atoms with Crippen LogP contribution in [-0.2, 0) is 0 Å². The van der Waals surface area contributed by atoms with Crippen molar-refractivity contribution in [3.05, 3.63) is 69.0 Å². The molecule has 4 rings (SSSR count). The first-order valence-electron chi connectivity index (χ1n) is 9.26. The van der Waals surface area contributed by atoms with Gasteiger partial charge in [0.25, 0.3) is 5.91 Å². The molecule has 0 spiro atoms. The third kappa shape index (κ3) is 3.91. The van der Waals surface area contributed by atoms with E-state index in [1.54, 1.807) is 24.4 Å². The summed E-state index contributed by atoms with van der Waals surface area (Å²) in [4.78, 5) is 13.5. The van der Waals surface area contributed by atoms with E-state index >= 15 is 0 Å². The van der Waals surface area contributed by atoms with Crippen LogP contribution in [0.3, 0.4) is 0 Å². The zero-order chi connectivity index (χ0) is 21.5. The van der Waals surface area contributed by atoms with Crippen molar-refractivity contribution < 1.29 is 18.0 Å². The Morgan fingerprint density at radius 2 is 2.03 bits per heavy atom. The molecule has 2 N–H and O–H groups in total. The van der Waals surface area contributed by atoms with E-state index in [-0.39, 0.29) is 29.0 Å². The number of amides is 1. The van der Waals surface area contributed by atoms with Crippen molar-refractivity contribution in [2.45, 2.75) is 37.6 Å². The normalized spacial score (nSPS) is 19.6. The fourth-order valence-corrected chi connectivity index (χ4v) is 4.56. The number of nitrogens with one attached hydrogen (secondary N) is 2. The number of thiophene rings is 1. The number of carbonyl (C=O) groups excluding carboxylic acids is 1. The molecule has 0 aliphatic carbocycles. The largest absolute Gasteiger partial charge is 0.410 e. The highest BCUT2D eigenvalue weighted by Gasteiger charge is 2.48. The van der Waals surface area contributed by atoms with Crippen LogP contribution in [-0.4, -0.2) is 21.9 Å². The predicted octanol–water partition coefficient (Wildman–Crippen LogP) is 5.75. The van der Waals surface area contributed by atoms with E-state index in [9.17, 15) is 18.0 Å². The molecule has 0 radical (unpaired) electrons. The summed E-state index contributed by atoms with van der Waals surface area (Å²) in [6.45, 7) is 1.78. The fraction of sp³-hybridized carbons (Fsp3) is 0.300. The summed E-state index contributed by atoms with van der Waals surface area (Å²) >= 11 is 7.70. The number of rotatable bonds is 4. The number of fused-ring (bicyclic) bond motifs is 1. The second-order valence-electron chi connectivity index (χ2n) is 7.07. The lowest BCUT2D eigenvalue weighted by atomic mass is 10.0. The highest BCUT2D eigenvalue weighted by atomic mass is 35.5. The van der Waals surface area contributed by atoms with E-state index in [0.29, 0.717) is 0 Å². The van der Waals surface area contributed by atoms with Crippen molar-refractivity contribution in [3.8, 4) is 0 Å². The zero-order valence-electron chi connectivity index (χ0n) is 15.8. The van der Waals surface area contributed by atoms with Gasteiger partial charge in [0.2, 0.25) is 0 Å². The Hall–Kier alpha value is -2.52. The van der Waals surface area contributed by atoms with Gasteiger partial charge in [-0.05, 0) is 23.9 Å². The molecule has 0 bridgehead atoms. The van der Waals surface area contributed by atoms with Gasteiger partial charge in [-0.1, -0.05) is 48.0 Å². The van der Waals surface area contributed by atoms with Gasteiger partial charge in [-0.3, -0.25) is 4.79 Å². The van der Waals surface area contributed by atoms with Crippen molar-refractivity contribution in [3.63, 3.8) is 0 Å². The van der Waals surface area contributed by atoms with E-state index in [2.05, 4.69) is 15.7 Å². The van der Waals surface area contributed by atoms with Gasteiger partial charge in [0.05, 0.1) is 12.1 Å². The number of hydrogen-bond acceptors (Lipinski definition) is 4. The average Bonchev–Trinajstić information content (AvgIpc) is 3.36. The van der Waals surface area contributed by atoms with E-state index in [1.165, 1.54) is 11.3 Å². The number of anilines is 1. The lowest BCUT2D eigenvalue weighted by molar-refractivity contribution is -0.173. The molecule has 158 valence electrons. The molecule has 1 aliphatic heterocycles. The molecule has 3 unspecified atom stereocenters. The summed E-state index contributed by atoms with van der Waals surface area (Å²) < 4.78 is 42.1. The zero-order valence-corrected chi connectivity index (χ0v) is 17.4. The quantitative estimate of drug-likeness (QED) is 0.527. The van der Waals surface area contributed by atoms with Crippen molar-refractivity contribution in [1.29, 1.82) is 0 Å². The van der Waals surface area contributed by atoms with Crippen LogP contribution in [0.2, 0.25) is 5.02 Å². The van der Waals surface area contributed by atoms with Crippen LogP contribution in [0.5, 0.6) is 0 Å². The SMILES string of the molecule is CC(NC(=O)c1nn2c(c1Cl)NC(c1cccs1)CC2C(F)(F)F)c1ccccc1. The summed E-state index contributed by atoms with van der Waals surface area (Å²) in [5.74, 6) is -0.630. The number of halogens is 4. The van der Waals surface area contributed by atoms with Gasteiger partial charge >= 0.3 is 6.18 Å². The van der Waals surface area contributed by atoms with E-state index in [1.807, 2.05) is 30.3 Å². The number of benzene rings is 1. The average molecular weight is 455 g/mol. The minimum Gasteiger partial charge on any atom is -0.361 e. The van der Waals surface area contributed by atoms with Crippen LogP contribution >= 0.6 is 22.9 Å². The Bertz CT molecular complexity index is 1040. The van der Waals surface area contributed by atoms with E-state index in [0.717, 1.165) is 15.1 Å². The number of carbonyl (C=O) groups is 1. The predicted molar refractivity (Wildman–Crippen MR) is 110 cm³/mol. The fourth-order valence-electron chi connectivity index (χ4n) is 3.50. The first kappa shape index (κ1) is 20.7. The van der Waals surface area contributed by atoms with Crippen LogP contribution < -0.4 is 10.6 Å². The standard InChI is InChI=1S/C20H18ClF3N4OS/c1-11(12-6-3-2-4-7-12)25-19(29)17-16(21)18-26-13(14-8-5-9-30-14)10-15(20(22,23)24)28(18)27-17/h2-9,11,13,15,26H,10H2,1H3,(H,25,29). The summed E-state index contributed by atoms with van der Waals surface area (Å²) in [5.41, 5.74) is 0.623. The smallest absolute Gasteiger partial charge is 0.361 e. The van der Waals surface area contributed by atoms with E-state index < -0.39 is 24.2 Å². The second kappa shape index (κ2) is 7.96. The highest BCUT2D eigenvalue weighted by molar-refractivity contribution is 7.10. The molecule has 0 saturated heterocycles. The van der Waals surface area contributed by atoms with Crippen LogP contribution in [0.1, 0.15) is 52.4 Å². The Labute approximate surface area is 179 Å².